The molecule has 3 rings (SSSR count). The van der Waals surface area contributed by atoms with Crippen LogP contribution in [-0.4, -0.2) is 25.3 Å². The molecule has 0 aliphatic carbocycles. The first-order chi connectivity index (χ1) is 13.2. The minimum Gasteiger partial charge on any atom is -0.493 e. The van der Waals surface area contributed by atoms with Crippen molar-refractivity contribution in [2.75, 3.05) is 18.5 Å². The molecule has 0 saturated heterocycles. The summed E-state index contributed by atoms with van der Waals surface area (Å²) in [5.74, 6) is 0.525. The molecule has 0 atom stereocenters. The zero-order valence-electron chi connectivity index (χ0n) is 15.5. The van der Waals surface area contributed by atoms with Crippen molar-refractivity contribution in [3.63, 3.8) is 0 Å². The van der Waals surface area contributed by atoms with Crippen molar-refractivity contribution in [3.8, 4) is 5.75 Å². The number of nitrogens with one attached hydrogen (secondary N) is 2. The van der Waals surface area contributed by atoms with Gasteiger partial charge in [0.1, 0.15) is 5.75 Å². The highest BCUT2D eigenvalue weighted by Gasteiger charge is 2.07. The zero-order valence-corrected chi connectivity index (χ0v) is 15.5. The lowest BCUT2D eigenvalue weighted by atomic mass is 10.0. The van der Waals surface area contributed by atoms with Gasteiger partial charge in [0.25, 0.3) is 5.91 Å². The van der Waals surface area contributed by atoms with Crippen molar-refractivity contribution in [1.29, 1.82) is 0 Å². The monoisotopic (exact) mass is 361 g/mol. The number of hydrogen-bond donors (Lipinski definition) is 2. The van der Waals surface area contributed by atoms with E-state index in [1.54, 1.807) is 6.21 Å². The summed E-state index contributed by atoms with van der Waals surface area (Å²) in [6.45, 7) is 4.67. The second-order valence-corrected chi connectivity index (χ2v) is 6.14. The first kappa shape index (κ1) is 18.5. The van der Waals surface area contributed by atoms with E-state index in [1.807, 2.05) is 74.5 Å². The Labute approximate surface area is 159 Å². The van der Waals surface area contributed by atoms with Crippen molar-refractivity contribution < 1.29 is 9.53 Å². The van der Waals surface area contributed by atoms with Crippen LogP contribution in [0, 0.1) is 6.92 Å². The van der Waals surface area contributed by atoms with Gasteiger partial charge in [0.05, 0.1) is 19.4 Å². The molecule has 0 fully saturated rings. The molecular formula is C22H23N3O2. The van der Waals surface area contributed by atoms with Crippen molar-refractivity contribution >= 4 is 28.6 Å². The van der Waals surface area contributed by atoms with Crippen LogP contribution in [0.4, 0.5) is 5.69 Å². The van der Waals surface area contributed by atoms with Gasteiger partial charge in [-0.25, -0.2) is 5.43 Å². The number of aryl methyl sites for hydroxylation is 1. The highest BCUT2D eigenvalue weighted by atomic mass is 16.5. The fraction of sp³-hybridized carbons (Fsp3) is 0.182. The van der Waals surface area contributed by atoms with Gasteiger partial charge in [-0.15, -0.1) is 0 Å². The van der Waals surface area contributed by atoms with Crippen molar-refractivity contribution in [1.82, 2.24) is 5.43 Å². The number of benzene rings is 3. The van der Waals surface area contributed by atoms with Gasteiger partial charge in [-0.05, 0) is 42.8 Å². The Hall–Kier alpha value is -3.34. The molecule has 5 nitrogen and oxygen atoms in total. The van der Waals surface area contributed by atoms with Crippen LogP contribution in [0.2, 0.25) is 0 Å². The predicted octanol–water partition coefficient (Wildman–Crippen LogP) is 4.11. The standard InChI is InChI=1S/C22H23N3O2/c1-3-27-21-13-10-17-6-4-5-7-19(17)20(21)14-24-25-22(26)15-23-18-11-8-16(2)9-12-18/h4-14,23H,3,15H2,1-2H3,(H,25,26)/b24-14+. The summed E-state index contributed by atoms with van der Waals surface area (Å²) in [6.07, 6.45) is 1.64. The number of hydrogen-bond acceptors (Lipinski definition) is 4. The fourth-order valence-electron chi connectivity index (χ4n) is 2.75. The SMILES string of the molecule is CCOc1ccc2ccccc2c1/C=N/NC(=O)CNc1ccc(C)cc1. The van der Waals surface area contributed by atoms with E-state index in [2.05, 4.69) is 15.8 Å². The van der Waals surface area contributed by atoms with Crippen LogP contribution in [0.25, 0.3) is 10.8 Å². The molecular weight excluding hydrogens is 338 g/mol. The molecule has 0 bridgehead atoms. The minimum absolute atomic E-state index is 0.147. The fourth-order valence-corrected chi connectivity index (χ4v) is 2.75. The van der Waals surface area contributed by atoms with Gasteiger partial charge in [-0.2, -0.15) is 5.10 Å². The maximum absolute atomic E-state index is 12.0. The van der Waals surface area contributed by atoms with Gasteiger partial charge >= 0.3 is 0 Å². The number of nitrogens with zero attached hydrogens (tertiary/aromatic N) is 1. The summed E-state index contributed by atoms with van der Waals surface area (Å²) < 4.78 is 5.70. The molecule has 0 aliphatic heterocycles. The van der Waals surface area contributed by atoms with Crippen LogP contribution in [0.5, 0.6) is 5.75 Å². The first-order valence-electron chi connectivity index (χ1n) is 8.94. The molecule has 1 amide bonds. The molecule has 0 heterocycles. The Balaban J connectivity index is 1.67. The van der Waals surface area contributed by atoms with E-state index in [9.17, 15) is 4.79 Å². The molecule has 3 aromatic rings. The number of carbonyl (C=O) groups excluding carboxylic acids is 1. The Bertz CT molecular complexity index is 949. The van der Waals surface area contributed by atoms with Gasteiger partial charge in [0.15, 0.2) is 0 Å². The molecule has 27 heavy (non-hydrogen) atoms. The zero-order chi connectivity index (χ0) is 19.1. The summed E-state index contributed by atoms with van der Waals surface area (Å²) in [4.78, 5) is 12.0. The molecule has 2 N–H and O–H groups in total. The normalized spacial score (nSPS) is 10.9. The number of carbonyl (C=O) groups is 1. The van der Waals surface area contributed by atoms with Crippen LogP contribution in [-0.2, 0) is 4.79 Å². The van der Waals surface area contributed by atoms with Gasteiger partial charge in [0, 0.05) is 11.3 Å². The van der Waals surface area contributed by atoms with E-state index < -0.39 is 0 Å². The van der Waals surface area contributed by atoms with Crippen molar-refractivity contribution in [2.45, 2.75) is 13.8 Å². The molecule has 0 radical (unpaired) electrons. The van der Waals surface area contributed by atoms with Crippen molar-refractivity contribution in [2.24, 2.45) is 5.10 Å². The molecule has 0 aromatic heterocycles. The summed E-state index contributed by atoms with van der Waals surface area (Å²) in [6, 6.07) is 19.8. The van der Waals surface area contributed by atoms with E-state index in [0.29, 0.717) is 6.61 Å². The van der Waals surface area contributed by atoms with E-state index in [-0.39, 0.29) is 12.5 Å². The van der Waals surface area contributed by atoms with Gasteiger partial charge in [-0.1, -0.05) is 48.0 Å². The van der Waals surface area contributed by atoms with E-state index in [4.69, 9.17) is 4.74 Å². The van der Waals surface area contributed by atoms with Crippen molar-refractivity contribution in [3.05, 3.63) is 71.8 Å². The third-order valence-corrected chi connectivity index (χ3v) is 4.12. The Morgan fingerprint density at radius 2 is 1.85 bits per heavy atom. The Kier molecular flexibility index (Phi) is 6.05. The molecule has 0 aliphatic rings. The number of fused-ring (bicyclic) bond motifs is 1. The van der Waals surface area contributed by atoms with Crippen LogP contribution >= 0.6 is 0 Å². The Morgan fingerprint density at radius 3 is 2.63 bits per heavy atom. The average molecular weight is 361 g/mol. The van der Waals surface area contributed by atoms with E-state index in [1.165, 1.54) is 5.56 Å². The number of rotatable bonds is 7. The molecule has 0 saturated carbocycles. The third-order valence-electron chi connectivity index (χ3n) is 4.12. The smallest absolute Gasteiger partial charge is 0.259 e. The Morgan fingerprint density at radius 1 is 1.07 bits per heavy atom. The van der Waals surface area contributed by atoms with Crippen LogP contribution in [0.15, 0.2) is 65.8 Å². The highest BCUT2D eigenvalue weighted by Crippen LogP contribution is 2.26. The largest absolute Gasteiger partial charge is 0.493 e. The lowest BCUT2D eigenvalue weighted by Gasteiger charge is -2.10. The molecule has 0 spiro atoms. The number of anilines is 1. The average Bonchev–Trinajstić information content (AvgIpc) is 2.69. The summed E-state index contributed by atoms with van der Waals surface area (Å²) >= 11 is 0. The molecule has 3 aromatic carbocycles. The summed E-state index contributed by atoms with van der Waals surface area (Å²) in [5, 5.41) is 9.31. The van der Waals surface area contributed by atoms with E-state index in [0.717, 1.165) is 27.8 Å². The number of ether oxygens (including phenoxy) is 1. The highest BCUT2D eigenvalue weighted by molar-refractivity contribution is 6.02. The lowest BCUT2D eigenvalue weighted by Crippen LogP contribution is -2.25. The topological polar surface area (TPSA) is 62.7 Å². The molecule has 5 heteroatoms. The molecule has 0 unspecified atom stereocenters. The lowest BCUT2D eigenvalue weighted by molar-refractivity contribution is -0.119. The maximum Gasteiger partial charge on any atom is 0.259 e. The number of hydrazone groups is 1. The van der Waals surface area contributed by atoms with Gasteiger partial charge in [-0.3, -0.25) is 4.79 Å². The van der Waals surface area contributed by atoms with Gasteiger partial charge < -0.3 is 10.1 Å². The van der Waals surface area contributed by atoms with Crippen LogP contribution < -0.4 is 15.5 Å². The first-order valence-corrected chi connectivity index (χ1v) is 8.94. The second kappa shape index (κ2) is 8.85. The number of amides is 1. The maximum atomic E-state index is 12.0. The predicted molar refractivity (Wildman–Crippen MR) is 111 cm³/mol. The summed E-state index contributed by atoms with van der Waals surface area (Å²) in [5.41, 5.74) is 5.48. The third kappa shape index (κ3) is 4.85. The molecule has 138 valence electrons. The summed E-state index contributed by atoms with van der Waals surface area (Å²) in [7, 11) is 0. The second-order valence-electron chi connectivity index (χ2n) is 6.14. The van der Waals surface area contributed by atoms with Crippen LogP contribution in [0.1, 0.15) is 18.1 Å². The van der Waals surface area contributed by atoms with Crippen LogP contribution in [0.3, 0.4) is 0 Å². The van der Waals surface area contributed by atoms with Gasteiger partial charge in [0.2, 0.25) is 0 Å². The quantitative estimate of drug-likeness (QED) is 0.492. The van der Waals surface area contributed by atoms with E-state index >= 15 is 0 Å². The minimum atomic E-state index is -0.218.